The topological polar surface area (TPSA) is 44.1 Å². The molecule has 84 valence electrons. The van der Waals surface area contributed by atoms with Crippen molar-refractivity contribution in [3.63, 3.8) is 0 Å². The third-order valence-corrected chi connectivity index (χ3v) is 2.41. The van der Waals surface area contributed by atoms with Gasteiger partial charge in [0.1, 0.15) is 6.10 Å². The van der Waals surface area contributed by atoms with Crippen LogP contribution in [0.5, 0.6) is 0 Å². The van der Waals surface area contributed by atoms with Gasteiger partial charge in [0.05, 0.1) is 6.20 Å². The average molecular weight is 210 g/mol. The molecule has 0 saturated carbocycles. The Morgan fingerprint density at radius 2 is 2.33 bits per heavy atom. The highest BCUT2D eigenvalue weighted by Gasteiger charge is 2.21. The van der Waals surface area contributed by atoms with Gasteiger partial charge < -0.3 is 4.74 Å². The Kier molecular flexibility index (Phi) is 4.03. The summed E-state index contributed by atoms with van der Waals surface area (Å²) in [5.74, 6) is 0.0274. The molecular formula is C11H18N2O2. The van der Waals surface area contributed by atoms with Crippen LogP contribution in [0.25, 0.3) is 0 Å². The number of carbonyl (C=O) groups is 1. The lowest BCUT2D eigenvalue weighted by Gasteiger charge is -2.14. The van der Waals surface area contributed by atoms with Crippen LogP contribution in [0.1, 0.15) is 37.6 Å². The van der Waals surface area contributed by atoms with Crippen molar-refractivity contribution in [3.05, 3.63) is 17.5 Å². The first kappa shape index (κ1) is 11.9. The lowest BCUT2D eigenvalue weighted by Crippen LogP contribution is -2.14. The Labute approximate surface area is 90.2 Å². The summed E-state index contributed by atoms with van der Waals surface area (Å²) < 4.78 is 7.28. The molecule has 0 N–H and O–H groups in total. The second kappa shape index (κ2) is 5.07. The second-order valence-corrected chi connectivity index (χ2v) is 3.67. The number of ketones is 1. The molecule has 1 rings (SSSR count). The van der Waals surface area contributed by atoms with Crippen LogP contribution in [-0.2, 0) is 16.6 Å². The van der Waals surface area contributed by atoms with Crippen LogP contribution >= 0.6 is 0 Å². The Balaban J connectivity index is 2.89. The van der Waals surface area contributed by atoms with E-state index >= 15 is 0 Å². The quantitative estimate of drug-likeness (QED) is 0.744. The predicted octanol–water partition coefficient (Wildman–Crippen LogP) is 1.79. The minimum Gasteiger partial charge on any atom is -0.366 e. The van der Waals surface area contributed by atoms with Crippen LogP contribution in [0.15, 0.2) is 6.20 Å². The number of aromatic nitrogens is 2. The van der Waals surface area contributed by atoms with Crippen molar-refractivity contribution < 1.29 is 9.53 Å². The van der Waals surface area contributed by atoms with Crippen molar-refractivity contribution in [2.24, 2.45) is 7.05 Å². The van der Waals surface area contributed by atoms with Crippen LogP contribution in [0.3, 0.4) is 0 Å². The smallest absolute Gasteiger partial charge is 0.163 e. The van der Waals surface area contributed by atoms with Gasteiger partial charge in [0.15, 0.2) is 5.78 Å². The fourth-order valence-corrected chi connectivity index (χ4v) is 1.43. The zero-order valence-corrected chi connectivity index (χ0v) is 9.78. The van der Waals surface area contributed by atoms with Crippen molar-refractivity contribution in [2.45, 2.75) is 33.3 Å². The third-order valence-electron chi connectivity index (χ3n) is 2.41. The monoisotopic (exact) mass is 210 g/mol. The fraction of sp³-hybridized carbons (Fsp3) is 0.636. The number of aryl methyl sites for hydroxylation is 1. The third kappa shape index (κ3) is 2.65. The zero-order chi connectivity index (χ0) is 11.4. The molecule has 1 unspecified atom stereocenters. The summed E-state index contributed by atoms with van der Waals surface area (Å²) in [5, 5.41) is 4.11. The molecule has 4 heteroatoms. The minimum atomic E-state index is -0.460. The summed E-state index contributed by atoms with van der Waals surface area (Å²) in [5.41, 5.74) is 1.85. The number of rotatable bonds is 5. The molecular weight excluding hydrogens is 192 g/mol. The number of carbonyl (C=O) groups excluding carboxylic acids is 1. The molecule has 0 aliphatic carbocycles. The van der Waals surface area contributed by atoms with E-state index in [0.717, 1.165) is 17.7 Å². The standard InChI is InChI=1S/C11H18N2O2/c1-5-6-15-11(9(3)14)10-7-12-13(4)8(10)2/h7,11H,5-6H2,1-4H3. The Morgan fingerprint density at radius 3 is 2.73 bits per heavy atom. The van der Waals surface area contributed by atoms with Crippen LogP contribution in [-0.4, -0.2) is 22.2 Å². The summed E-state index contributed by atoms with van der Waals surface area (Å²) >= 11 is 0. The van der Waals surface area contributed by atoms with Crippen LogP contribution in [0.4, 0.5) is 0 Å². The molecule has 4 nitrogen and oxygen atoms in total. The average Bonchev–Trinajstić information content (AvgIpc) is 2.50. The summed E-state index contributed by atoms with van der Waals surface area (Å²) in [7, 11) is 1.86. The molecule has 0 fully saturated rings. The highest BCUT2D eigenvalue weighted by Crippen LogP contribution is 2.21. The Hall–Kier alpha value is -1.16. The SMILES string of the molecule is CCCOC(C(C)=O)c1cnn(C)c1C. The summed E-state index contributed by atoms with van der Waals surface area (Å²) in [6, 6.07) is 0. The van der Waals surface area contributed by atoms with E-state index < -0.39 is 6.10 Å². The van der Waals surface area contributed by atoms with Crippen molar-refractivity contribution in [2.75, 3.05) is 6.61 Å². The van der Waals surface area contributed by atoms with E-state index in [4.69, 9.17) is 4.74 Å². The van der Waals surface area contributed by atoms with Gasteiger partial charge in [-0.2, -0.15) is 5.10 Å². The van der Waals surface area contributed by atoms with Crippen molar-refractivity contribution in [1.29, 1.82) is 0 Å². The summed E-state index contributed by atoms with van der Waals surface area (Å²) in [6.45, 7) is 6.10. The molecule has 0 aliphatic rings. The zero-order valence-electron chi connectivity index (χ0n) is 9.78. The van der Waals surface area contributed by atoms with Gasteiger partial charge in [0.25, 0.3) is 0 Å². The van der Waals surface area contributed by atoms with Gasteiger partial charge in [-0.15, -0.1) is 0 Å². The molecule has 0 aromatic carbocycles. The van der Waals surface area contributed by atoms with Gasteiger partial charge in [-0.05, 0) is 20.3 Å². The summed E-state index contributed by atoms with van der Waals surface area (Å²) in [6.07, 6.45) is 2.15. The Morgan fingerprint density at radius 1 is 1.67 bits per heavy atom. The molecule has 1 aromatic rings. The fourth-order valence-electron chi connectivity index (χ4n) is 1.43. The maximum atomic E-state index is 11.4. The van der Waals surface area contributed by atoms with Crippen molar-refractivity contribution in [1.82, 2.24) is 9.78 Å². The van der Waals surface area contributed by atoms with Gasteiger partial charge in [-0.3, -0.25) is 9.48 Å². The van der Waals surface area contributed by atoms with Gasteiger partial charge in [-0.25, -0.2) is 0 Å². The van der Waals surface area contributed by atoms with Gasteiger partial charge in [-0.1, -0.05) is 6.92 Å². The van der Waals surface area contributed by atoms with E-state index in [2.05, 4.69) is 5.10 Å². The minimum absolute atomic E-state index is 0.0274. The van der Waals surface area contributed by atoms with E-state index in [-0.39, 0.29) is 5.78 Å². The highest BCUT2D eigenvalue weighted by molar-refractivity contribution is 5.82. The molecule has 1 atom stereocenters. The maximum Gasteiger partial charge on any atom is 0.163 e. The number of Topliss-reactive ketones (excluding diaryl/α,β-unsaturated/α-hetero) is 1. The Bertz CT molecular complexity index is 344. The van der Waals surface area contributed by atoms with E-state index in [1.807, 2.05) is 20.9 Å². The lowest BCUT2D eigenvalue weighted by molar-refractivity contribution is -0.128. The van der Waals surface area contributed by atoms with E-state index in [1.165, 1.54) is 0 Å². The van der Waals surface area contributed by atoms with Crippen LogP contribution < -0.4 is 0 Å². The number of nitrogens with zero attached hydrogens (tertiary/aromatic N) is 2. The highest BCUT2D eigenvalue weighted by atomic mass is 16.5. The van der Waals surface area contributed by atoms with Crippen LogP contribution in [0, 0.1) is 6.92 Å². The maximum absolute atomic E-state index is 11.4. The van der Waals surface area contributed by atoms with Crippen LogP contribution in [0.2, 0.25) is 0 Å². The molecule has 0 bridgehead atoms. The summed E-state index contributed by atoms with van der Waals surface area (Å²) in [4.78, 5) is 11.4. The molecule has 0 radical (unpaired) electrons. The van der Waals surface area contributed by atoms with Crippen molar-refractivity contribution in [3.8, 4) is 0 Å². The van der Waals surface area contributed by atoms with Gasteiger partial charge >= 0.3 is 0 Å². The van der Waals surface area contributed by atoms with Gasteiger partial charge in [0, 0.05) is 24.9 Å². The molecule has 0 spiro atoms. The van der Waals surface area contributed by atoms with E-state index in [9.17, 15) is 4.79 Å². The molecule has 0 aliphatic heterocycles. The predicted molar refractivity (Wildman–Crippen MR) is 57.6 cm³/mol. The van der Waals surface area contributed by atoms with E-state index in [1.54, 1.807) is 17.8 Å². The van der Waals surface area contributed by atoms with Crippen molar-refractivity contribution >= 4 is 5.78 Å². The number of ether oxygens (including phenoxy) is 1. The second-order valence-electron chi connectivity index (χ2n) is 3.67. The van der Waals surface area contributed by atoms with E-state index in [0.29, 0.717) is 6.61 Å². The first-order valence-corrected chi connectivity index (χ1v) is 5.18. The molecule has 0 amide bonds. The first-order chi connectivity index (χ1) is 7.07. The lowest BCUT2D eigenvalue weighted by atomic mass is 10.1. The largest absolute Gasteiger partial charge is 0.366 e. The number of hydrogen-bond donors (Lipinski definition) is 0. The molecule has 1 heterocycles. The molecule has 0 saturated heterocycles. The van der Waals surface area contributed by atoms with Gasteiger partial charge in [0.2, 0.25) is 0 Å². The number of hydrogen-bond acceptors (Lipinski definition) is 3. The normalized spacial score (nSPS) is 12.8. The first-order valence-electron chi connectivity index (χ1n) is 5.18. The molecule has 15 heavy (non-hydrogen) atoms. The molecule has 1 aromatic heterocycles.